The Kier molecular flexibility index (Phi) is 5.57. The minimum Gasteiger partial charge on any atom is -0.306 e. The maximum atomic E-state index is 2.49. The number of para-hydroxylation sites is 5. The summed E-state index contributed by atoms with van der Waals surface area (Å²) in [5, 5.41) is 2.67. The van der Waals surface area contributed by atoms with Gasteiger partial charge in [-0.25, -0.2) is 0 Å². The topological polar surface area (TPSA) is 6.48 Å². The molecule has 0 N–H and O–H groups in total. The number of thiophene rings is 1. The van der Waals surface area contributed by atoms with E-state index in [2.05, 4.69) is 174 Å². The van der Waals surface area contributed by atoms with Gasteiger partial charge in [-0.1, -0.05) is 126 Å². The van der Waals surface area contributed by atoms with E-state index in [9.17, 15) is 0 Å². The maximum Gasteiger partial charge on any atom is 0.243 e. The summed E-state index contributed by atoms with van der Waals surface area (Å²) in [7, 11) is 0. The van der Waals surface area contributed by atoms with Gasteiger partial charge in [0.2, 0.25) is 6.71 Å². The normalized spacial score (nSPS) is 13.1. The summed E-state index contributed by atoms with van der Waals surface area (Å²) in [5.41, 5.74) is 13.9. The first kappa shape index (κ1) is 25.7. The second kappa shape index (κ2) is 9.97. The monoisotopic (exact) mass is 602 g/mol. The minimum atomic E-state index is 0.177. The van der Waals surface area contributed by atoms with Crippen LogP contribution >= 0.6 is 11.3 Å². The van der Waals surface area contributed by atoms with Gasteiger partial charge in [0.15, 0.2) is 0 Å². The number of nitrogens with zero attached hydrogens (tertiary/aromatic N) is 2. The number of benzene rings is 7. The molecule has 2 aliphatic heterocycles. The highest BCUT2D eigenvalue weighted by Gasteiger charge is 2.36. The molecule has 0 aliphatic carbocycles. The zero-order valence-electron chi connectivity index (χ0n) is 25.0. The fraction of sp³-hybridized carbons (Fsp3) is 0. The van der Waals surface area contributed by atoms with Crippen LogP contribution in [0.1, 0.15) is 0 Å². The van der Waals surface area contributed by atoms with E-state index in [1.54, 1.807) is 0 Å². The van der Waals surface area contributed by atoms with E-state index in [4.69, 9.17) is 0 Å². The van der Waals surface area contributed by atoms with Crippen LogP contribution in [-0.2, 0) is 0 Å². The summed E-state index contributed by atoms with van der Waals surface area (Å²) in [5.74, 6) is 0. The van der Waals surface area contributed by atoms with E-state index in [-0.39, 0.29) is 6.71 Å². The van der Waals surface area contributed by atoms with Crippen LogP contribution in [-0.4, -0.2) is 6.71 Å². The number of rotatable bonds is 3. The SMILES string of the molecule is c1ccc(N2c3ccccc3N(c3cccc4sc5cccc(B6c7ccccc7-c7ccccc76)c5c34)c3ccccc32)cc1. The lowest BCUT2D eigenvalue weighted by Gasteiger charge is -2.40. The van der Waals surface area contributed by atoms with E-state index in [1.807, 2.05) is 11.3 Å². The molecule has 8 aromatic rings. The Morgan fingerprint density at radius 1 is 0.348 bits per heavy atom. The number of hydrogen-bond acceptors (Lipinski definition) is 3. The van der Waals surface area contributed by atoms with E-state index in [0.717, 1.165) is 5.69 Å². The van der Waals surface area contributed by atoms with Gasteiger partial charge in [0.1, 0.15) is 0 Å². The predicted molar refractivity (Wildman–Crippen MR) is 199 cm³/mol. The first-order chi connectivity index (χ1) is 22.9. The third-order valence-corrected chi connectivity index (χ3v) is 10.8. The van der Waals surface area contributed by atoms with Gasteiger partial charge < -0.3 is 9.80 Å². The van der Waals surface area contributed by atoms with Gasteiger partial charge in [-0.3, -0.25) is 0 Å². The zero-order valence-corrected chi connectivity index (χ0v) is 25.8. The second-order valence-electron chi connectivity index (χ2n) is 12.1. The lowest BCUT2D eigenvalue weighted by Crippen LogP contribution is -2.49. The van der Waals surface area contributed by atoms with Gasteiger partial charge in [0.25, 0.3) is 0 Å². The van der Waals surface area contributed by atoms with Crippen LogP contribution in [0.3, 0.4) is 0 Å². The molecule has 2 aliphatic rings. The van der Waals surface area contributed by atoms with Crippen LogP contribution < -0.4 is 26.2 Å². The maximum absolute atomic E-state index is 2.49. The van der Waals surface area contributed by atoms with Crippen molar-refractivity contribution in [3.05, 3.63) is 164 Å². The van der Waals surface area contributed by atoms with E-state index in [0.29, 0.717) is 0 Å². The molecular weight excluding hydrogens is 575 g/mol. The van der Waals surface area contributed by atoms with Crippen molar-refractivity contribution in [1.29, 1.82) is 0 Å². The predicted octanol–water partition coefficient (Wildman–Crippen LogP) is 9.80. The number of anilines is 6. The molecule has 0 saturated heterocycles. The van der Waals surface area contributed by atoms with Crippen molar-refractivity contribution in [2.75, 3.05) is 9.80 Å². The summed E-state index contributed by atoms with van der Waals surface area (Å²) in [4.78, 5) is 4.89. The van der Waals surface area contributed by atoms with Crippen LogP contribution in [0, 0.1) is 0 Å². The standard InChI is InChI=1S/C42H27BN2S/c1-2-14-28(15-3-1)44-34-21-8-10-23-36(34)45(37-24-11-9-22-35(37)44)38-25-13-27-40-42(38)41-33(20-12-26-39(41)46-40)43-31-18-6-4-16-29(31)30-17-5-7-19-32(30)43/h1-27H. The van der Waals surface area contributed by atoms with E-state index >= 15 is 0 Å². The summed E-state index contributed by atoms with van der Waals surface area (Å²) < 4.78 is 2.63. The van der Waals surface area contributed by atoms with Crippen molar-refractivity contribution in [2.45, 2.75) is 0 Å². The smallest absolute Gasteiger partial charge is 0.243 e. The highest BCUT2D eigenvalue weighted by molar-refractivity contribution is 7.26. The zero-order chi connectivity index (χ0) is 30.2. The Bertz CT molecular complexity index is 2370. The van der Waals surface area contributed by atoms with Crippen molar-refractivity contribution < 1.29 is 0 Å². The van der Waals surface area contributed by atoms with Crippen molar-refractivity contribution in [2.24, 2.45) is 0 Å². The van der Waals surface area contributed by atoms with Gasteiger partial charge in [0, 0.05) is 20.5 Å². The molecule has 1 aromatic heterocycles. The van der Waals surface area contributed by atoms with Crippen LogP contribution in [0.5, 0.6) is 0 Å². The molecule has 214 valence electrons. The van der Waals surface area contributed by atoms with Gasteiger partial charge in [0.05, 0.1) is 28.4 Å². The molecule has 0 radical (unpaired) electrons. The van der Waals surface area contributed by atoms with Crippen LogP contribution in [0.2, 0.25) is 0 Å². The molecule has 0 unspecified atom stereocenters. The summed E-state index contributed by atoms with van der Waals surface area (Å²) >= 11 is 1.90. The molecule has 4 heteroatoms. The third-order valence-electron chi connectivity index (χ3n) is 9.66. The Hall–Kier alpha value is -5.58. The van der Waals surface area contributed by atoms with Crippen molar-refractivity contribution in [1.82, 2.24) is 0 Å². The first-order valence-corrected chi connectivity index (χ1v) is 16.6. The molecule has 0 bridgehead atoms. The van der Waals surface area contributed by atoms with E-state index in [1.165, 1.54) is 76.1 Å². The molecule has 0 fully saturated rings. The van der Waals surface area contributed by atoms with Gasteiger partial charge in [-0.15, -0.1) is 11.3 Å². The molecule has 2 nitrogen and oxygen atoms in total. The minimum absolute atomic E-state index is 0.177. The molecular formula is C42H27BN2S. The second-order valence-corrected chi connectivity index (χ2v) is 13.1. The van der Waals surface area contributed by atoms with E-state index < -0.39 is 0 Å². The highest BCUT2D eigenvalue weighted by Crippen LogP contribution is 2.55. The average Bonchev–Trinajstić information content (AvgIpc) is 3.67. The van der Waals surface area contributed by atoms with Crippen LogP contribution in [0.15, 0.2) is 164 Å². The van der Waals surface area contributed by atoms with Gasteiger partial charge in [-0.05, 0) is 71.1 Å². The molecule has 7 aromatic carbocycles. The summed E-state index contributed by atoms with van der Waals surface area (Å²) in [6, 6.07) is 60.0. The van der Waals surface area contributed by atoms with Crippen molar-refractivity contribution in [3.63, 3.8) is 0 Å². The Morgan fingerprint density at radius 2 is 0.804 bits per heavy atom. The largest absolute Gasteiger partial charge is 0.306 e. The molecule has 0 atom stereocenters. The third kappa shape index (κ3) is 3.59. The Labute approximate surface area is 272 Å². The molecule has 0 spiro atoms. The highest BCUT2D eigenvalue weighted by atomic mass is 32.1. The fourth-order valence-corrected chi connectivity index (χ4v) is 9.01. The average molecular weight is 603 g/mol. The lowest BCUT2D eigenvalue weighted by molar-refractivity contribution is 1.18. The summed E-state index contributed by atoms with van der Waals surface area (Å²) in [6.07, 6.45) is 0. The van der Waals surface area contributed by atoms with Crippen LogP contribution in [0.4, 0.5) is 34.1 Å². The number of fused-ring (bicyclic) bond motifs is 8. The number of hydrogen-bond donors (Lipinski definition) is 0. The molecule has 10 rings (SSSR count). The van der Waals surface area contributed by atoms with Gasteiger partial charge >= 0.3 is 0 Å². The van der Waals surface area contributed by atoms with Crippen molar-refractivity contribution >= 4 is 88.7 Å². The van der Waals surface area contributed by atoms with Crippen molar-refractivity contribution in [3.8, 4) is 11.1 Å². The molecule has 46 heavy (non-hydrogen) atoms. The molecule has 0 amide bonds. The lowest BCUT2D eigenvalue weighted by atomic mass is 9.38. The summed E-state index contributed by atoms with van der Waals surface area (Å²) in [6.45, 7) is 0.177. The first-order valence-electron chi connectivity index (χ1n) is 15.8. The Balaban J connectivity index is 1.27. The fourth-order valence-electron chi connectivity index (χ4n) is 7.85. The molecule has 3 heterocycles. The Morgan fingerprint density at radius 3 is 1.43 bits per heavy atom. The van der Waals surface area contributed by atoms with Gasteiger partial charge in [-0.2, -0.15) is 0 Å². The quantitative estimate of drug-likeness (QED) is 0.186. The van der Waals surface area contributed by atoms with Crippen LogP contribution in [0.25, 0.3) is 31.3 Å². The molecule has 0 saturated carbocycles.